The number of ether oxygens (including phenoxy) is 1. The number of likely N-dealkylation sites (tertiary alicyclic amines) is 1. The van der Waals surface area contributed by atoms with Crippen molar-refractivity contribution in [3.63, 3.8) is 0 Å². The minimum absolute atomic E-state index is 0.0554. The normalized spacial score (nSPS) is 19.8. The van der Waals surface area contributed by atoms with E-state index in [4.69, 9.17) is 0 Å². The number of carbonyl (C=O) groups is 2. The molecule has 1 saturated carbocycles. The quantitative estimate of drug-likeness (QED) is 0.890. The van der Waals surface area contributed by atoms with Gasteiger partial charge in [-0.3, -0.25) is 4.79 Å². The third-order valence-electron chi connectivity index (χ3n) is 4.96. The zero-order valence-electron chi connectivity index (χ0n) is 14.4. The minimum Gasteiger partial charge on any atom is -0.453 e. The number of carbonyl (C=O) groups excluding carboxylic acids is 2. The molecule has 7 heteroatoms. The highest BCUT2D eigenvalue weighted by Gasteiger charge is 2.30. The van der Waals surface area contributed by atoms with Gasteiger partial charge in [0.25, 0.3) is 0 Å². The van der Waals surface area contributed by atoms with Crippen LogP contribution < -0.4 is 5.32 Å². The van der Waals surface area contributed by atoms with E-state index in [1.165, 1.54) is 20.0 Å². The molecule has 24 heavy (non-hydrogen) atoms. The van der Waals surface area contributed by atoms with Gasteiger partial charge >= 0.3 is 6.09 Å². The third-order valence-corrected chi connectivity index (χ3v) is 4.96. The van der Waals surface area contributed by atoms with Crippen LogP contribution in [0.5, 0.6) is 0 Å². The van der Waals surface area contributed by atoms with E-state index in [-0.39, 0.29) is 5.91 Å². The second kappa shape index (κ2) is 7.23. The lowest BCUT2D eigenvalue weighted by molar-refractivity contribution is -0.134. The van der Waals surface area contributed by atoms with Gasteiger partial charge in [-0.25, -0.2) is 9.78 Å². The summed E-state index contributed by atoms with van der Waals surface area (Å²) in [4.78, 5) is 30.0. The lowest BCUT2D eigenvalue weighted by Gasteiger charge is -2.33. The van der Waals surface area contributed by atoms with Crippen LogP contribution in [0.4, 0.5) is 4.79 Å². The maximum absolute atomic E-state index is 12.4. The molecule has 1 aromatic heterocycles. The zero-order valence-corrected chi connectivity index (χ0v) is 14.4. The maximum Gasteiger partial charge on any atom is 0.407 e. The van der Waals surface area contributed by atoms with Gasteiger partial charge in [-0.05, 0) is 38.5 Å². The Balaban J connectivity index is 1.53. The highest BCUT2D eigenvalue weighted by molar-refractivity contribution is 5.85. The summed E-state index contributed by atoms with van der Waals surface area (Å²) in [6, 6.07) is -0.564. The first-order chi connectivity index (χ1) is 11.6. The van der Waals surface area contributed by atoms with Crippen LogP contribution in [-0.4, -0.2) is 52.7 Å². The number of hydrogen-bond donors (Lipinski definition) is 1. The summed E-state index contributed by atoms with van der Waals surface area (Å²) in [6.45, 7) is 4.17. The molecule has 0 bridgehead atoms. The molecule has 1 saturated heterocycles. The second-order valence-corrected chi connectivity index (χ2v) is 6.84. The van der Waals surface area contributed by atoms with Crippen LogP contribution in [0.1, 0.15) is 44.3 Å². The number of rotatable bonds is 5. The average molecular weight is 334 g/mol. The number of alkyl carbamates (subject to hydrolysis) is 1. The standard InChI is InChI=1S/C17H26N4O3/c1-12(19-17(23)24-2)16(22)20-8-5-14(6-9-20)15-18-7-10-21(15)11-13-3-4-13/h7,10,12-14H,3-6,8-9,11H2,1-2H3,(H,19,23)/t12-/m0/s1. The third kappa shape index (κ3) is 3.88. The largest absolute Gasteiger partial charge is 0.453 e. The summed E-state index contributed by atoms with van der Waals surface area (Å²) in [5.74, 6) is 2.34. The predicted octanol–water partition coefficient (Wildman–Crippen LogP) is 1.74. The summed E-state index contributed by atoms with van der Waals surface area (Å²) in [5.41, 5.74) is 0. The van der Waals surface area contributed by atoms with E-state index in [9.17, 15) is 9.59 Å². The molecule has 1 N–H and O–H groups in total. The van der Waals surface area contributed by atoms with E-state index < -0.39 is 12.1 Å². The second-order valence-electron chi connectivity index (χ2n) is 6.84. The smallest absolute Gasteiger partial charge is 0.407 e. The maximum atomic E-state index is 12.4. The molecule has 1 aliphatic carbocycles. The fourth-order valence-electron chi connectivity index (χ4n) is 3.34. The van der Waals surface area contributed by atoms with Crippen molar-refractivity contribution in [3.05, 3.63) is 18.2 Å². The fourth-order valence-corrected chi connectivity index (χ4v) is 3.34. The molecule has 3 rings (SSSR count). The van der Waals surface area contributed by atoms with Gasteiger partial charge in [0.1, 0.15) is 11.9 Å². The summed E-state index contributed by atoms with van der Waals surface area (Å²) < 4.78 is 6.84. The number of amides is 2. The van der Waals surface area contributed by atoms with Crippen LogP contribution in [0, 0.1) is 5.92 Å². The van der Waals surface area contributed by atoms with Crippen LogP contribution in [0.3, 0.4) is 0 Å². The minimum atomic E-state index is -0.576. The molecule has 2 heterocycles. The Morgan fingerprint density at radius 3 is 2.67 bits per heavy atom. The van der Waals surface area contributed by atoms with Gasteiger partial charge in [0.2, 0.25) is 5.91 Å². The molecule has 7 nitrogen and oxygen atoms in total. The molecule has 1 aliphatic heterocycles. The molecule has 132 valence electrons. The van der Waals surface area contributed by atoms with Crippen molar-refractivity contribution < 1.29 is 14.3 Å². The Morgan fingerprint density at radius 2 is 2.04 bits per heavy atom. The van der Waals surface area contributed by atoms with Gasteiger partial charge in [-0.1, -0.05) is 0 Å². The molecule has 2 aliphatic rings. The zero-order chi connectivity index (χ0) is 17.1. The first-order valence-electron chi connectivity index (χ1n) is 8.72. The lowest BCUT2D eigenvalue weighted by Crippen LogP contribution is -2.49. The highest BCUT2D eigenvalue weighted by atomic mass is 16.5. The summed E-state index contributed by atoms with van der Waals surface area (Å²) in [7, 11) is 1.29. The summed E-state index contributed by atoms with van der Waals surface area (Å²) >= 11 is 0. The Morgan fingerprint density at radius 1 is 1.33 bits per heavy atom. The van der Waals surface area contributed by atoms with Gasteiger partial charge in [-0.15, -0.1) is 0 Å². The Hall–Kier alpha value is -2.05. The van der Waals surface area contributed by atoms with E-state index in [0.29, 0.717) is 19.0 Å². The Labute approximate surface area is 142 Å². The van der Waals surface area contributed by atoms with Crippen molar-refractivity contribution in [1.29, 1.82) is 0 Å². The first-order valence-corrected chi connectivity index (χ1v) is 8.72. The molecule has 0 spiro atoms. The fraction of sp³-hybridized carbons (Fsp3) is 0.706. The number of methoxy groups -OCH3 is 1. The number of nitrogens with zero attached hydrogens (tertiary/aromatic N) is 3. The van der Waals surface area contributed by atoms with Crippen LogP contribution >= 0.6 is 0 Å². The lowest BCUT2D eigenvalue weighted by atomic mass is 9.95. The topological polar surface area (TPSA) is 76.5 Å². The van der Waals surface area contributed by atoms with Crippen LogP contribution in [-0.2, 0) is 16.1 Å². The molecule has 2 fully saturated rings. The van der Waals surface area contributed by atoms with Crippen LogP contribution in [0.2, 0.25) is 0 Å². The molecule has 2 amide bonds. The van der Waals surface area contributed by atoms with Crippen LogP contribution in [0.25, 0.3) is 0 Å². The molecule has 1 aromatic rings. The van der Waals surface area contributed by atoms with Crippen LogP contribution in [0.15, 0.2) is 12.4 Å². The molecular weight excluding hydrogens is 308 g/mol. The molecule has 0 aromatic carbocycles. The van der Waals surface area contributed by atoms with Crippen molar-refractivity contribution in [2.75, 3.05) is 20.2 Å². The van der Waals surface area contributed by atoms with Crippen molar-refractivity contribution in [1.82, 2.24) is 19.8 Å². The van der Waals surface area contributed by atoms with E-state index in [0.717, 1.165) is 31.1 Å². The van der Waals surface area contributed by atoms with Gasteiger partial charge in [-0.2, -0.15) is 0 Å². The van der Waals surface area contributed by atoms with E-state index in [1.807, 2.05) is 11.1 Å². The number of piperidine rings is 1. The number of aromatic nitrogens is 2. The first kappa shape index (κ1) is 16.8. The average Bonchev–Trinajstić information content (AvgIpc) is 3.29. The Bertz CT molecular complexity index is 588. The molecule has 0 unspecified atom stereocenters. The van der Waals surface area contributed by atoms with E-state index in [1.54, 1.807) is 6.92 Å². The van der Waals surface area contributed by atoms with E-state index >= 15 is 0 Å². The molecular formula is C17H26N4O3. The van der Waals surface area contributed by atoms with Gasteiger partial charge in [0.05, 0.1) is 7.11 Å². The summed E-state index contributed by atoms with van der Waals surface area (Å²) in [5, 5.41) is 2.53. The van der Waals surface area contributed by atoms with Crippen molar-refractivity contribution >= 4 is 12.0 Å². The van der Waals surface area contributed by atoms with E-state index in [2.05, 4.69) is 25.8 Å². The monoisotopic (exact) mass is 334 g/mol. The molecule has 1 atom stereocenters. The highest BCUT2D eigenvalue weighted by Crippen LogP contribution is 2.33. The van der Waals surface area contributed by atoms with Crippen molar-refractivity contribution in [3.8, 4) is 0 Å². The summed E-state index contributed by atoms with van der Waals surface area (Å²) in [6.07, 6.45) is 7.88. The molecule has 0 radical (unpaired) electrons. The van der Waals surface area contributed by atoms with Gasteiger partial charge in [0, 0.05) is 37.9 Å². The SMILES string of the molecule is COC(=O)N[C@@H](C)C(=O)N1CCC(c2nccn2CC2CC2)CC1. The van der Waals surface area contributed by atoms with Gasteiger partial charge < -0.3 is 19.5 Å². The number of imidazole rings is 1. The number of hydrogen-bond acceptors (Lipinski definition) is 4. The Kier molecular flexibility index (Phi) is 5.06. The van der Waals surface area contributed by atoms with Crippen molar-refractivity contribution in [2.45, 2.75) is 51.1 Å². The van der Waals surface area contributed by atoms with Crippen molar-refractivity contribution in [2.24, 2.45) is 5.92 Å². The number of nitrogens with one attached hydrogen (secondary N) is 1. The van der Waals surface area contributed by atoms with Gasteiger partial charge in [0.15, 0.2) is 0 Å². The predicted molar refractivity (Wildman–Crippen MR) is 88.5 cm³/mol.